The molecule has 2 unspecified atom stereocenters. The maximum atomic E-state index is 13.1. The zero-order valence-electron chi connectivity index (χ0n) is 19.1. The third-order valence-electron chi connectivity index (χ3n) is 5.72. The summed E-state index contributed by atoms with van der Waals surface area (Å²) in [5.74, 6) is 0.796. The number of ether oxygens (including phenoxy) is 1. The molecule has 4 rings (SSSR count). The number of piperidine rings is 1. The topological polar surface area (TPSA) is 145 Å². The molecule has 0 spiro atoms. The molecule has 3 heterocycles. The summed E-state index contributed by atoms with van der Waals surface area (Å²) < 4.78 is 24.4. The molecule has 0 bridgehead atoms. The van der Waals surface area contributed by atoms with Crippen molar-refractivity contribution in [2.24, 2.45) is 22.0 Å². The smallest absolute Gasteiger partial charge is 0.254 e. The normalized spacial score (nSPS) is 19.6. The first-order chi connectivity index (χ1) is 16.3. The zero-order valence-corrected chi connectivity index (χ0v) is 19.9. The fourth-order valence-corrected chi connectivity index (χ4v) is 4.60. The Kier molecular flexibility index (Phi) is 7.23. The second-order valence-corrected chi connectivity index (χ2v) is 9.54. The fourth-order valence-electron chi connectivity index (χ4n) is 3.93. The molecular weight excluding hydrogens is 456 g/mol. The van der Waals surface area contributed by atoms with E-state index in [4.69, 9.17) is 10.5 Å². The minimum Gasteiger partial charge on any atom is -0.566 e. The van der Waals surface area contributed by atoms with E-state index in [1.807, 2.05) is 4.90 Å². The van der Waals surface area contributed by atoms with Crippen LogP contribution in [0.3, 0.4) is 0 Å². The van der Waals surface area contributed by atoms with E-state index in [0.29, 0.717) is 48.1 Å². The van der Waals surface area contributed by atoms with Crippen LogP contribution < -0.4 is 20.5 Å². The van der Waals surface area contributed by atoms with E-state index in [1.165, 1.54) is 6.20 Å². The van der Waals surface area contributed by atoms with Gasteiger partial charge in [0.25, 0.3) is 5.91 Å². The van der Waals surface area contributed by atoms with Crippen molar-refractivity contribution < 1.29 is 18.9 Å². The van der Waals surface area contributed by atoms with Gasteiger partial charge in [-0.15, -0.1) is 0 Å². The van der Waals surface area contributed by atoms with Crippen LogP contribution in [0.5, 0.6) is 5.75 Å². The number of nitrogens with zero attached hydrogens (tertiary/aromatic N) is 3. The lowest BCUT2D eigenvalue weighted by molar-refractivity contribution is -0.118. The highest BCUT2D eigenvalue weighted by Gasteiger charge is 2.28. The summed E-state index contributed by atoms with van der Waals surface area (Å²) in [5, 5.41) is 2.73. The van der Waals surface area contributed by atoms with E-state index in [-0.39, 0.29) is 29.5 Å². The van der Waals surface area contributed by atoms with Gasteiger partial charge >= 0.3 is 0 Å². The zero-order chi connectivity index (χ0) is 24.2. The number of amidine groups is 1. The molecule has 34 heavy (non-hydrogen) atoms. The van der Waals surface area contributed by atoms with Crippen LogP contribution in [-0.2, 0) is 16.3 Å². The van der Waals surface area contributed by atoms with Gasteiger partial charge in [-0.1, -0.05) is 19.9 Å². The summed E-state index contributed by atoms with van der Waals surface area (Å²) in [7, 11) is 0. The number of pyridine rings is 1. The van der Waals surface area contributed by atoms with Crippen molar-refractivity contribution in [1.29, 1.82) is 0 Å². The molecule has 1 saturated heterocycles. The van der Waals surface area contributed by atoms with Crippen LogP contribution in [0.25, 0.3) is 0 Å². The Morgan fingerprint density at radius 1 is 1.38 bits per heavy atom. The van der Waals surface area contributed by atoms with Crippen LogP contribution in [0.2, 0.25) is 0 Å². The summed E-state index contributed by atoms with van der Waals surface area (Å²) >= 11 is -1.60. The highest BCUT2D eigenvalue weighted by Crippen LogP contribution is 2.31. The van der Waals surface area contributed by atoms with Gasteiger partial charge in [-0.25, -0.2) is 4.98 Å². The number of nitrogens with one attached hydrogen (secondary N) is 2. The minimum absolute atomic E-state index is 0.104. The SMILES string of the molecule is CC(C)C(=O)Nc1cc(C(=O)N2CCCC(COc3cccc4c3C(N)=N[S+]([O-])N4)C2)ccn1. The molecule has 0 radical (unpaired) electrons. The van der Waals surface area contributed by atoms with Gasteiger partial charge in [-0.3, -0.25) is 9.59 Å². The average Bonchev–Trinajstić information content (AvgIpc) is 2.82. The molecule has 2 aliphatic rings. The van der Waals surface area contributed by atoms with Crippen LogP contribution in [0.15, 0.2) is 40.9 Å². The average molecular weight is 485 g/mol. The molecule has 0 aliphatic carbocycles. The Bertz CT molecular complexity index is 1110. The predicted molar refractivity (Wildman–Crippen MR) is 131 cm³/mol. The summed E-state index contributed by atoms with van der Waals surface area (Å²) in [6.07, 6.45) is 3.31. The molecule has 11 heteroatoms. The van der Waals surface area contributed by atoms with Crippen molar-refractivity contribution in [3.63, 3.8) is 0 Å². The first-order valence-corrected chi connectivity index (χ1v) is 12.3. The second kappa shape index (κ2) is 10.3. The lowest BCUT2D eigenvalue weighted by atomic mass is 9.98. The van der Waals surface area contributed by atoms with E-state index in [2.05, 4.69) is 19.4 Å². The van der Waals surface area contributed by atoms with Gasteiger partial charge in [0.15, 0.2) is 5.84 Å². The van der Waals surface area contributed by atoms with Crippen molar-refractivity contribution in [2.75, 3.05) is 29.7 Å². The standard InChI is InChI=1S/C23H28N6O4S/c1-14(2)22(30)26-19-11-16(8-9-25-19)23(31)29-10-4-5-15(12-29)13-33-18-7-3-6-17-20(18)21(24)28-34(32)27-17/h3,6-9,11,14-15,27H,4-5,10,12-13H2,1-2H3,(H2,24,28)(H,25,26,30). The van der Waals surface area contributed by atoms with E-state index in [1.54, 1.807) is 44.2 Å². The van der Waals surface area contributed by atoms with Crippen molar-refractivity contribution in [2.45, 2.75) is 26.7 Å². The number of benzene rings is 1. The number of aromatic nitrogens is 1. The van der Waals surface area contributed by atoms with E-state index in [0.717, 1.165) is 12.8 Å². The minimum atomic E-state index is -1.60. The summed E-state index contributed by atoms with van der Waals surface area (Å²) in [6.45, 7) is 5.20. The van der Waals surface area contributed by atoms with E-state index < -0.39 is 11.5 Å². The molecule has 4 N–H and O–H groups in total. The Morgan fingerprint density at radius 2 is 2.21 bits per heavy atom. The highest BCUT2D eigenvalue weighted by atomic mass is 32.2. The number of fused-ring (bicyclic) bond motifs is 1. The molecule has 1 aromatic heterocycles. The van der Waals surface area contributed by atoms with Crippen LogP contribution in [0.4, 0.5) is 11.5 Å². The lowest BCUT2D eigenvalue weighted by Crippen LogP contribution is -2.41. The molecule has 2 aliphatic heterocycles. The number of rotatable bonds is 6. The van der Waals surface area contributed by atoms with Gasteiger partial charge in [-0.05, 0) is 41.5 Å². The lowest BCUT2D eigenvalue weighted by Gasteiger charge is -2.33. The molecule has 1 aromatic carbocycles. The fraction of sp³-hybridized carbons (Fsp3) is 0.391. The van der Waals surface area contributed by atoms with Gasteiger partial charge in [0.1, 0.15) is 11.6 Å². The van der Waals surface area contributed by atoms with Gasteiger partial charge in [0.05, 0.1) is 17.9 Å². The second-order valence-electron chi connectivity index (χ2n) is 8.65. The molecule has 1 fully saturated rings. The Balaban J connectivity index is 1.40. The summed E-state index contributed by atoms with van der Waals surface area (Å²) in [6, 6.07) is 8.63. The van der Waals surface area contributed by atoms with Crippen LogP contribution in [0, 0.1) is 11.8 Å². The molecule has 0 saturated carbocycles. The highest BCUT2D eigenvalue weighted by molar-refractivity contribution is 7.91. The van der Waals surface area contributed by atoms with Crippen molar-refractivity contribution in [3.05, 3.63) is 47.7 Å². The third-order valence-corrected chi connectivity index (χ3v) is 6.48. The molecule has 10 nitrogen and oxygen atoms in total. The number of anilines is 2. The number of carbonyl (C=O) groups excluding carboxylic acids is 2. The van der Waals surface area contributed by atoms with Gasteiger partial charge in [-0.2, -0.15) is 4.72 Å². The van der Waals surface area contributed by atoms with E-state index >= 15 is 0 Å². The Morgan fingerprint density at radius 3 is 3.00 bits per heavy atom. The van der Waals surface area contributed by atoms with Crippen LogP contribution in [0.1, 0.15) is 42.6 Å². The molecular formula is C23H28N6O4S. The third kappa shape index (κ3) is 5.42. The Labute approximate surface area is 201 Å². The van der Waals surface area contributed by atoms with Crippen molar-refractivity contribution >= 4 is 40.7 Å². The first kappa shape index (κ1) is 23.8. The van der Waals surface area contributed by atoms with Gasteiger partial charge in [0, 0.05) is 36.7 Å². The predicted octanol–water partition coefficient (Wildman–Crippen LogP) is 2.32. The monoisotopic (exact) mass is 484 g/mol. The maximum absolute atomic E-state index is 13.1. The quantitative estimate of drug-likeness (QED) is 0.534. The molecule has 2 aromatic rings. The van der Waals surface area contributed by atoms with Gasteiger partial charge < -0.3 is 25.2 Å². The van der Waals surface area contributed by atoms with Crippen LogP contribution in [-0.4, -0.2) is 51.8 Å². The maximum Gasteiger partial charge on any atom is 0.254 e. The number of likely N-dealkylation sites (tertiary alicyclic amines) is 1. The largest absolute Gasteiger partial charge is 0.566 e. The number of hydrogen-bond donors (Lipinski definition) is 3. The van der Waals surface area contributed by atoms with Crippen LogP contribution >= 0.6 is 0 Å². The molecule has 2 amide bonds. The number of amides is 2. The molecule has 180 valence electrons. The Hall–Kier alpha value is -3.31. The van der Waals surface area contributed by atoms with Gasteiger partial charge in [0.2, 0.25) is 17.5 Å². The molecule has 2 atom stereocenters. The summed E-state index contributed by atoms with van der Waals surface area (Å²) in [4.78, 5) is 31.0. The van der Waals surface area contributed by atoms with Crippen molar-refractivity contribution in [3.8, 4) is 5.75 Å². The number of carbonyl (C=O) groups is 2. The summed E-state index contributed by atoms with van der Waals surface area (Å²) in [5.41, 5.74) is 7.67. The number of nitrogens with two attached hydrogens (primary N) is 1. The number of hydrogen-bond acceptors (Lipinski definition) is 8. The van der Waals surface area contributed by atoms with E-state index in [9.17, 15) is 14.1 Å². The van der Waals surface area contributed by atoms with Crippen molar-refractivity contribution in [1.82, 2.24) is 9.88 Å². The first-order valence-electron chi connectivity index (χ1n) is 11.2.